The number of piperidine rings is 1. The number of carbonyl (C=O) groups is 1. The van der Waals surface area contributed by atoms with Gasteiger partial charge in [0.2, 0.25) is 5.95 Å². The second-order valence-electron chi connectivity index (χ2n) is 10.6. The van der Waals surface area contributed by atoms with Gasteiger partial charge in [0.15, 0.2) is 0 Å². The summed E-state index contributed by atoms with van der Waals surface area (Å²) in [6, 6.07) is 16.3. The average Bonchev–Trinajstić information content (AvgIpc) is 2.92. The van der Waals surface area contributed by atoms with Gasteiger partial charge in [0.1, 0.15) is 11.4 Å². The maximum Gasteiger partial charge on any atom is 0.256 e. The van der Waals surface area contributed by atoms with Gasteiger partial charge >= 0.3 is 0 Å². The first-order valence-electron chi connectivity index (χ1n) is 13.3. The Hall–Kier alpha value is -3.95. The number of nitrogens with one attached hydrogen (secondary N) is 3. The van der Waals surface area contributed by atoms with Crippen LogP contribution in [0, 0.1) is 0 Å². The van der Waals surface area contributed by atoms with E-state index in [9.17, 15) is 9.90 Å². The van der Waals surface area contributed by atoms with Gasteiger partial charge in [-0.25, -0.2) is 4.98 Å². The number of rotatable bonds is 10. The molecule has 1 amide bonds. The number of carbonyl (C=O) groups excluding carboxylic acids is 1. The maximum atomic E-state index is 12.8. The summed E-state index contributed by atoms with van der Waals surface area (Å²) in [6.07, 6.45) is 5.42. The zero-order valence-electron chi connectivity index (χ0n) is 23.2. The lowest BCUT2D eigenvalue weighted by Gasteiger charge is -2.36. The second kappa shape index (κ2) is 12.3. The minimum absolute atomic E-state index is 0.299. The maximum absolute atomic E-state index is 12.8. The number of aromatic nitrogens is 2. The van der Waals surface area contributed by atoms with E-state index in [1.54, 1.807) is 19.9 Å². The van der Waals surface area contributed by atoms with Crippen molar-refractivity contribution < 1.29 is 9.90 Å². The molecule has 4 rings (SSSR count). The predicted molar refractivity (Wildman–Crippen MR) is 158 cm³/mol. The average molecular weight is 530 g/mol. The van der Waals surface area contributed by atoms with Crippen LogP contribution in [0.15, 0.2) is 67.4 Å². The molecule has 9 heteroatoms. The van der Waals surface area contributed by atoms with Gasteiger partial charge in [-0.15, -0.1) is 6.58 Å². The van der Waals surface area contributed by atoms with Crippen LogP contribution in [0.25, 0.3) is 0 Å². The van der Waals surface area contributed by atoms with Crippen LogP contribution in [-0.2, 0) is 5.60 Å². The van der Waals surface area contributed by atoms with Crippen LogP contribution >= 0.6 is 0 Å². The van der Waals surface area contributed by atoms with Gasteiger partial charge in [-0.1, -0.05) is 18.2 Å². The Morgan fingerprint density at radius 2 is 1.85 bits per heavy atom. The van der Waals surface area contributed by atoms with Gasteiger partial charge in [-0.3, -0.25) is 4.79 Å². The highest BCUT2D eigenvalue weighted by molar-refractivity contribution is 5.99. The molecule has 1 saturated heterocycles. The van der Waals surface area contributed by atoms with Crippen molar-refractivity contribution in [1.29, 1.82) is 0 Å². The molecule has 4 N–H and O–H groups in total. The van der Waals surface area contributed by atoms with Gasteiger partial charge in [-0.05, 0) is 82.7 Å². The molecule has 206 valence electrons. The third-order valence-electron chi connectivity index (χ3n) is 6.96. The monoisotopic (exact) mass is 529 g/mol. The molecular formula is C30H39N7O2. The van der Waals surface area contributed by atoms with Crippen molar-refractivity contribution >= 4 is 34.7 Å². The second-order valence-corrected chi connectivity index (χ2v) is 10.6. The normalized spacial score (nSPS) is 14.3. The number of anilines is 5. The van der Waals surface area contributed by atoms with Crippen LogP contribution < -0.4 is 20.9 Å². The number of benzene rings is 2. The molecule has 3 aromatic rings. The molecule has 0 unspecified atom stereocenters. The third-order valence-corrected chi connectivity index (χ3v) is 6.96. The van der Waals surface area contributed by atoms with Crippen molar-refractivity contribution in [2.45, 2.75) is 38.3 Å². The Morgan fingerprint density at radius 1 is 1.13 bits per heavy atom. The fraction of sp³-hybridized carbons (Fsp3) is 0.367. The lowest BCUT2D eigenvalue weighted by molar-refractivity contribution is 0.0786. The molecule has 2 aromatic carbocycles. The third kappa shape index (κ3) is 7.34. The summed E-state index contributed by atoms with van der Waals surface area (Å²) in [7, 11) is 4.30. The van der Waals surface area contributed by atoms with Crippen molar-refractivity contribution in [2.75, 3.05) is 49.3 Å². The van der Waals surface area contributed by atoms with Crippen molar-refractivity contribution in [1.82, 2.24) is 20.2 Å². The topological polar surface area (TPSA) is 106 Å². The fourth-order valence-electron chi connectivity index (χ4n) is 4.60. The van der Waals surface area contributed by atoms with E-state index in [1.165, 1.54) is 11.9 Å². The first kappa shape index (κ1) is 28.1. The Morgan fingerprint density at radius 3 is 2.49 bits per heavy atom. The summed E-state index contributed by atoms with van der Waals surface area (Å²) in [5.74, 6) is 0.392. The largest absolute Gasteiger partial charge is 0.386 e. The number of nitrogens with zero attached hydrogens (tertiary/aromatic N) is 4. The first-order chi connectivity index (χ1) is 18.6. The summed E-state index contributed by atoms with van der Waals surface area (Å²) < 4.78 is 0. The molecule has 0 radical (unpaired) electrons. The Balaban J connectivity index is 1.52. The number of hydrogen-bond acceptors (Lipinski definition) is 8. The smallest absolute Gasteiger partial charge is 0.256 e. The van der Waals surface area contributed by atoms with Crippen LogP contribution in [-0.4, -0.2) is 65.7 Å². The Bertz CT molecular complexity index is 1280. The van der Waals surface area contributed by atoms with Crippen LogP contribution in [0.5, 0.6) is 0 Å². The van der Waals surface area contributed by atoms with Gasteiger partial charge < -0.3 is 30.9 Å². The molecule has 0 aliphatic carbocycles. The summed E-state index contributed by atoms with van der Waals surface area (Å²) in [5, 5.41) is 19.7. The molecule has 1 aliphatic heterocycles. The number of aliphatic hydroxyl groups is 1. The lowest BCUT2D eigenvalue weighted by atomic mass is 9.98. The first-order valence-corrected chi connectivity index (χ1v) is 13.3. The van der Waals surface area contributed by atoms with Crippen molar-refractivity contribution in [3.8, 4) is 0 Å². The van der Waals surface area contributed by atoms with Crippen molar-refractivity contribution in [2.24, 2.45) is 0 Å². The molecule has 9 nitrogen and oxygen atoms in total. The van der Waals surface area contributed by atoms with E-state index in [1.807, 2.05) is 36.4 Å². The highest BCUT2D eigenvalue weighted by atomic mass is 16.3. The zero-order chi connectivity index (χ0) is 28.0. The Kier molecular flexibility index (Phi) is 8.83. The predicted octanol–water partition coefficient (Wildman–Crippen LogP) is 4.64. The SMILES string of the molecule is C=CCNC(=O)c1cnc(Nc2ccc(N3CCC(N(C)C)CC3)cc2)nc1Nc1cccc(C(C)(C)O)c1. The van der Waals surface area contributed by atoms with Gasteiger partial charge in [-0.2, -0.15) is 4.98 Å². The molecule has 0 saturated carbocycles. The standard InChI is InChI=1S/C30H39N7O2/c1-6-16-31-28(38)26-20-32-29(35-27(26)33-23-9-7-8-21(19-23)30(2,3)39)34-22-10-12-25(13-11-22)37-17-14-24(15-18-37)36(4)5/h6-13,19-20,24,39H,1,14-18H2,2-5H3,(H,31,38)(H2,32,33,34,35). The van der Waals surface area contributed by atoms with Crippen LogP contribution in [0.1, 0.15) is 42.6 Å². The molecule has 0 bridgehead atoms. The van der Waals surface area contributed by atoms with E-state index in [2.05, 4.69) is 68.5 Å². The van der Waals surface area contributed by atoms with E-state index in [-0.39, 0.29) is 5.91 Å². The van der Waals surface area contributed by atoms with Gasteiger partial charge in [0.05, 0.1) is 5.60 Å². The fourth-order valence-corrected chi connectivity index (χ4v) is 4.60. The lowest BCUT2D eigenvalue weighted by Crippen LogP contribution is -2.41. The molecule has 39 heavy (non-hydrogen) atoms. The molecular weight excluding hydrogens is 490 g/mol. The molecule has 1 aromatic heterocycles. The van der Waals surface area contributed by atoms with Crippen LogP contribution in [0.2, 0.25) is 0 Å². The van der Waals surface area contributed by atoms with E-state index < -0.39 is 5.60 Å². The van der Waals surface area contributed by atoms with E-state index >= 15 is 0 Å². The number of hydrogen-bond donors (Lipinski definition) is 4. The quantitative estimate of drug-likeness (QED) is 0.282. The highest BCUT2D eigenvalue weighted by Crippen LogP contribution is 2.27. The summed E-state index contributed by atoms with van der Waals surface area (Å²) in [4.78, 5) is 26.6. The van der Waals surface area contributed by atoms with Crippen LogP contribution in [0.3, 0.4) is 0 Å². The van der Waals surface area contributed by atoms with Crippen LogP contribution in [0.4, 0.5) is 28.8 Å². The highest BCUT2D eigenvalue weighted by Gasteiger charge is 2.21. The molecule has 0 spiro atoms. The van der Waals surface area contributed by atoms with Crippen molar-refractivity contribution in [3.63, 3.8) is 0 Å². The summed E-state index contributed by atoms with van der Waals surface area (Å²) >= 11 is 0. The molecule has 2 heterocycles. The molecule has 1 fully saturated rings. The minimum atomic E-state index is -1.01. The zero-order valence-corrected chi connectivity index (χ0v) is 23.2. The van der Waals surface area contributed by atoms with Gasteiger partial charge in [0.25, 0.3) is 5.91 Å². The summed E-state index contributed by atoms with van der Waals surface area (Å²) in [5.41, 5.74) is 2.77. The minimum Gasteiger partial charge on any atom is -0.386 e. The van der Waals surface area contributed by atoms with Gasteiger partial charge in [0, 0.05) is 48.9 Å². The number of amides is 1. The van der Waals surface area contributed by atoms with E-state index in [4.69, 9.17) is 0 Å². The Labute approximate surface area is 231 Å². The van der Waals surface area contributed by atoms with Crippen molar-refractivity contribution in [3.05, 3.63) is 78.5 Å². The summed E-state index contributed by atoms with van der Waals surface area (Å²) in [6.45, 7) is 9.51. The molecule has 0 atom stereocenters. The van der Waals surface area contributed by atoms with E-state index in [0.29, 0.717) is 35.6 Å². The van der Waals surface area contributed by atoms with E-state index in [0.717, 1.165) is 37.2 Å². The molecule has 1 aliphatic rings.